The number of carboxylic acids is 1. The van der Waals surface area contributed by atoms with Gasteiger partial charge in [0.1, 0.15) is 11.0 Å². The molecule has 94 valence electrons. The van der Waals surface area contributed by atoms with E-state index < -0.39 is 12.0 Å². The Morgan fingerprint density at radius 1 is 1.56 bits per heavy atom. The monoisotopic (exact) mass is 326 g/mol. The fraction of sp³-hybridized carbons (Fsp3) is 0.167. The molecule has 0 spiro atoms. The smallest absolute Gasteiger partial charge is 0.326 e. The number of benzene rings is 1. The number of hydrogen-bond acceptors (Lipinski definition) is 4. The highest BCUT2D eigenvalue weighted by Gasteiger charge is 2.18. The summed E-state index contributed by atoms with van der Waals surface area (Å²) in [6.45, 7) is 1.99. The summed E-state index contributed by atoms with van der Waals surface area (Å²) in [7, 11) is 0. The molecule has 0 aliphatic heterocycles. The third-order valence-electron chi connectivity index (χ3n) is 2.51. The van der Waals surface area contributed by atoms with Crippen LogP contribution in [-0.2, 0) is 4.79 Å². The predicted octanol–water partition coefficient (Wildman–Crippen LogP) is 2.97. The zero-order chi connectivity index (χ0) is 13.3. The Balaban J connectivity index is 2.35. The quantitative estimate of drug-likeness (QED) is 0.909. The fourth-order valence-corrected chi connectivity index (χ4v) is 2.57. The van der Waals surface area contributed by atoms with Gasteiger partial charge in [-0.3, -0.25) is 4.79 Å². The second-order valence-corrected chi connectivity index (χ2v) is 5.57. The van der Waals surface area contributed by atoms with Gasteiger partial charge in [-0.25, -0.2) is 4.98 Å². The first-order chi connectivity index (χ1) is 8.49. The van der Waals surface area contributed by atoms with E-state index in [1.807, 2.05) is 25.1 Å². The molecule has 6 heteroatoms. The summed E-state index contributed by atoms with van der Waals surface area (Å²) in [5, 5.41) is 11.3. The van der Waals surface area contributed by atoms with E-state index in [9.17, 15) is 4.79 Å². The second kappa shape index (κ2) is 5.17. The van der Waals surface area contributed by atoms with Crippen molar-refractivity contribution >= 4 is 33.2 Å². The fourth-order valence-electron chi connectivity index (χ4n) is 1.47. The van der Waals surface area contributed by atoms with Gasteiger partial charge in [0.15, 0.2) is 0 Å². The molecule has 0 saturated heterocycles. The lowest BCUT2D eigenvalue weighted by atomic mass is 10.1. The maximum atomic E-state index is 10.8. The van der Waals surface area contributed by atoms with Crippen molar-refractivity contribution in [1.29, 1.82) is 0 Å². The Hall–Kier alpha value is -1.24. The average molecular weight is 327 g/mol. The van der Waals surface area contributed by atoms with Crippen LogP contribution >= 0.6 is 27.3 Å². The van der Waals surface area contributed by atoms with Gasteiger partial charge >= 0.3 is 5.97 Å². The Morgan fingerprint density at radius 2 is 2.28 bits per heavy atom. The van der Waals surface area contributed by atoms with E-state index in [1.54, 1.807) is 5.38 Å². The van der Waals surface area contributed by atoms with Crippen molar-refractivity contribution in [3.8, 4) is 10.6 Å². The van der Waals surface area contributed by atoms with Crippen molar-refractivity contribution in [2.24, 2.45) is 5.73 Å². The molecule has 0 amide bonds. The molecule has 1 atom stereocenters. The first-order valence-electron chi connectivity index (χ1n) is 5.19. The summed E-state index contributed by atoms with van der Waals surface area (Å²) in [6.07, 6.45) is 0. The van der Waals surface area contributed by atoms with Crippen molar-refractivity contribution in [2.75, 3.05) is 0 Å². The number of aliphatic carboxylic acids is 1. The van der Waals surface area contributed by atoms with Crippen LogP contribution in [0.25, 0.3) is 10.6 Å². The predicted molar refractivity (Wildman–Crippen MR) is 74.6 cm³/mol. The second-order valence-electron chi connectivity index (χ2n) is 3.86. The largest absolute Gasteiger partial charge is 0.480 e. The molecule has 0 aliphatic rings. The molecule has 3 N–H and O–H groups in total. The topological polar surface area (TPSA) is 76.2 Å². The molecule has 2 rings (SSSR count). The highest BCUT2D eigenvalue weighted by atomic mass is 79.9. The first-order valence-corrected chi connectivity index (χ1v) is 6.86. The number of carboxylic acid groups (broad SMARTS) is 1. The molecule has 4 nitrogen and oxygen atoms in total. The van der Waals surface area contributed by atoms with Crippen LogP contribution in [-0.4, -0.2) is 16.1 Å². The van der Waals surface area contributed by atoms with Crippen LogP contribution in [0.15, 0.2) is 28.1 Å². The molecule has 0 radical (unpaired) electrons. The van der Waals surface area contributed by atoms with Crippen molar-refractivity contribution in [3.63, 3.8) is 0 Å². The zero-order valence-corrected chi connectivity index (χ0v) is 12.0. The number of carbonyl (C=O) groups is 1. The lowest BCUT2D eigenvalue weighted by Gasteiger charge is -2.02. The number of rotatable bonds is 3. The van der Waals surface area contributed by atoms with Gasteiger partial charge in [0.05, 0.1) is 5.69 Å². The highest BCUT2D eigenvalue weighted by molar-refractivity contribution is 9.10. The molecule has 1 unspecified atom stereocenters. The Bertz CT molecular complexity index is 598. The molecule has 0 bridgehead atoms. The van der Waals surface area contributed by atoms with E-state index in [0.29, 0.717) is 5.69 Å². The summed E-state index contributed by atoms with van der Waals surface area (Å²) in [4.78, 5) is 15.0. The Labute approximate surface area is 117 Å². The van der Waals surface area contributed by atoms with E-state index in [1.165, 1.54) is 11.3 Å². The minimum Gasteiger partial charge on any atom is -0.480 e. The normalized spacial score (nSPS) is 12.4. The number of halogens is 1. The van der Waals surface area contributed by atoms with Crippen molar-refractivity contribution in [3.05, 3.63) is 39.3 Å². The summed E-state index contributed by atoms with van der Waals surface area (Å²) < 4.78 is 1.03. The average Bonchev–Trinajstić information content (AvgIpc) is 2.81. The minimum absolute atomic E-state index is 0.392. The SMILES string of the molecule is Cc1cc(-c2nc(C(N)C(=O)O)cs2)ccc1Br. The van der Waals surface area contributed by atoms with Crippen LogP contribution in [0.1, 0.15) is 17.3 Å². The van der Waals surface area contributed by atoms with E-state index in [4.69, 9.17) is 10.8 Å². The third-order valence-corrected chi connectivity index (χ3v) is 4.31. The van der Waals surface area contributed by atoms with E-state index in [0.717, 1.165) is 20.6 Å². The molecule has 0 aliphatic carbocycles. The van der Waals surface area contributed by atoms with Gasteiger partial charge in [0, 0.05) is 15.4 Å². The molecule has 1 aromatic heterocycles. The van der Waals surface area contributed by atoms with Gasteiger partial charge < -0.3 is 10.8 Å². The molecule has 0 saturated carbocycles. The van der Waals surface area contributed by atoms with Crippen molar-refractivity contribution in [1.82, 2.24) is 4.98 Å². The maximum Gasteiger partial charge on any atom is 0.326 e. The summed E-state index contributed by atoms with van der Waals surface area (Å²) in [6, 6.07) is 4.82. The molecule has 1 heterocycles. The summed E-state index contributed by atoms with van der Waals surface area (Å²) in [5.74, 6) is -1.07. The maximum absolute atomic E-state index is 10.8. The number of nitrogens with zero attached hydrogens (tertiary/aromatic N) is 1. The highest BCUT2D eigenvalue weighted by Crippen LogP contribution is 2.28. The lowest BCUT2D eigenvalue weighted by molar-refractivity contribution is -0.138. The standard InChI is InChI=1S/C12H11BrN2O2S/c1-6-4-7(2-3-8(6)13)11-15-9(5-18-11)10(14)12(16)17/h2-5,10H,14H2,1H3,(H,16,17). The number of nitrogens with two attached hydrogens (primary N) is 1. The molecule has 18 heavy (non-hydrogen) atoms. The minimum atomic E-state index is -1.07. The van der Waals surface area contributed by atoms with Crippen LogP contribution < -0.4 is 5.73 Å². The molecule has 0 fully saturated rings. The van der Waals surface area contributed by atoms with E-state index >= 15 is 0 Å². The number of aryl methyl sites for hydroxylation is 1. The molecule has 2 aromatic rings. The van der Waals surface area contributed by atoms with Gasteiger partial charge in [-0.2, -0.15) is 0 Å². The van der Waals surface area contributed by atoms with Gasteiger partial charge in [-0.05, 0) is 24.6 Å². The molecular formula is C12H11BrN2O2S. The van der Waals surface area contributed by atoms with Gasteiger partial charge in [0.25, 0.3) is 0 Å². The Morgan fingerprint density at radius 3 is 2.89 bits per heavy atom. The van der Waals surface area contributed by atoms with Crippen molar-refractivity contribution < 1.29 is 9.90 Å². The van der Waals surface area contributed by atoms with E-state index in [2.05, 4.69) is 20.9 Å². The molecular weight excluding hydrogens is 316 g/mol. The van der Waals surface area contributed by atoms with Gasteiger partial charge in [-0.1, -0.05) is 22.0 Å². The third kappa shape index (κ3) is 2.60. The van der Waals surface area contributed by atoms with Gasteiger partial charge in [-0.15, -0.1) is 11.3 Å². The van der Waals surface area contributed by atoms with Crippen LogP contribution in [0.4, 0.5) is 0 Å². The van der Waals surface area contributed by atoms with Crippen LogP contribution in [0, 0.1) is 6.92 Å². The number of thiazole rings is 1. The lowest BCUT2D eigenvalue weighted by Crippen LogP contribution is -2.20. The number of hydrogen-bond donors (Lipinski definition) is 2. The molecule has 1 aromatic carbocycles. The summed E-state index contributed by atoms with van der Waals surface area (Å²) in [5.41, 5.74) is 7.98. The van der Waals surface area contributed by atoms with Crippen LogP contribution in [0.5, 0.6) is 0 Å². The van der Waals surface area contributed by atoms with Crippen molar-refractivity contribution in [2.45, 2.75) is 13.0 Å². The zero-order valence-electron chi connectivity index (χ0n) is 9.55. The first kappa shape index (κ1) is 13.2. The Kier molecular flexibility index (Phi) is 3.79. The number of aromatic nitrogens is 1. The van der Waals surface area contributed by atoms with Crippen LogP contribution in [0.2, 0.25) is 0 Å². The van der Waals surface area contributed by atoms with Crippen LogP contribution in [0.3, 0.4) is 0 Å². The van der Waals surface area contributed by atoms with E-state index in [-0.39, 0.29) is 0 Å². The summed E-state index contributed by atoms with van der Waals surface area (Å²) >= 11 is 4.83. The van der Waals surface area contributed by atoms with Gasteiger partial charge in [0.2, 0.25) is 0 Å².